The molecule has 1 aliphatic carbocycles. The number of aromatic nitrogens is 2. The molecule has 1 aliphatic heterocycles. The molecule has 0 spiro atoms. The first-order valence-corrected chi connectivity index (χ1v) is 8.77. The van der Waals surface area contributed by atoms with Gasteiger partial charge in [-0.1, -0.05) is 26.7 Å². The topological polar surface area (TPSA) is 76.2 Å². The van der Waals surface area contributed by atoms with Crippen molar-refractivity contribution in [1.82, 2.24) is 14.7 Å². The van der Waals surface area contributed by atoms with Gasteiger partial charge in [0.25, 0.3) is 0 Å². The quantitative estimate of drug-likeness (QED) is 0.890. The van der Waals surface area contributed by atoms with E-state index in [4.69, 9.17) is 5.73 Å². The van der Waals surface area contributed by atoms with Crippen molar-refractivity contribution in [3.63, 3.8) is 0 Å². The maximum atomic E-state index is 12.4. The van der Waals surface area contributed by atoms with E-state index in [9.17, 15) is 4.79 Å². The number of nitrogens with zero attached hydrogens (tertiary/aromatic N) is 3. The Morgan fingerprint density at radius 2 is 2.13 bits per heavy atom. The van der Waals surface area contributed by atoms with Crippen LogP contribution in [0, 0.1) is 5.41 Å². The number of hydrogen-bond acceptors (Lipinski definition) is 4. The smallest absolute Gasteiger partial charge is 0.239 e. The lowest BCUT2D eigenvalue weighted by Gasteiger charge is -2.42. The van der Waals surface area contributed by atoms with Crippen molar-refractivity contribution in [3.05, 3.63) is 12.3 Å². The lowest BCUT2D eigenvalue weighted by Crippen LogP contribution is -2.53. The number of rotatable bonds is 4. The largest absolute Gasteiger partial charge is 0.327 e. The highest BCUT2D eigenvalue weighted by molar-refractivity contribution is 5.91. The number of piperidine rings is 1. The summed E-state index contributed by atoms with van der Waals surface area (Å²) in [5.74, 6) is 0.867. The van der Waals surface area contributed by atoms with Crippen molar-refractivity contribution < 1.29 is 4.79 Å². The maximum absolute atomic E-state index is 12.4. The molecule has 1 saturated carbocycles. The number of amides is 1. The van der Waals surface area contributed by atoms with Crippen molar-refractivity contribution >= 4 is 11.7 Å². The number of nitrogens with two attached hydrogens (primary N) is 1. The molecule has 1 unspecified atom stereocenters. The second-order valence-electron chi connectivity index (χ2n) is 7.74. The molecule has 0 aromatic carbocycles. The molecule has 0 radical (unpaired) electrons. The van der Waals surface area contributed by atoms with Crippen LogP contribution in [-0.2, 0) is 4.79 Å². The van der Waals surface area contributed by atoms with Crippen LogP contribution in [0.15, 0.2) is 12.3 Å². The van der Waals surface area contributed by atoms with Gasteiger partial charge in [-0.15, -0.1) is 0 Å². The fraction of sp³-hybridized carbons (Fsp3) is 0.765. The second kappa shape index (κ2) is 6.61. The summed E-state index contributed by atoms with van der Waals surface area (Å²) in [6, 6.07) is 2.55. The molecule has 3 rings (SSSR count). The Morgan fingerprint density at radius 1 is 1.39 bits per heavy atom. The van der Waals surface area contributed by atoms with Gasteiger partial charge >= 0.3 is 0 Å². The normalized spacial score (nSPS) is 25.6. The molecule has 1 aromatic rings. The van der Waals surface area contributed by atoms with Crippen LogP contribution in [0.5, 0.6) is 0 Å². The highest BCUT2D eigenvalue weighted by atomic mass is 16.2. The monoisotopic (exact) mass is 319 g/mol. The number of likely N-dealkylation sites (tertiary alicyclic amines) is 1. The summed E-state index contributed by atoms with van der Waals surface area (Å²) in [4.78, 5) is 14.6. The Hall–Kier alpha value is -1.40. The van der Waals surface area contributed by atoms with Gasteiger partial charge in [-0.25, -0.2) is 4.68 Å². The van der Waals surface area contributed by atoms with E-state index in [1.165, 1.54) is 12.8 Å². The third kappa shape index (κ3) is 3.75. The second-order valence-corrected chi connectivity index (χ2v) is 7.74. The minimum Gasteiger partial charge on any atom is -0.327 e. The van der Waals surface area contributed by atoms with Gasteiger partial charge in [0.2, 0.25) is 5.91 Å². The van der Waals surface area contributed by atoms with Gasteiger partial charge < -0.3 is 11.1 Å². The maximum Gasteiger partial charge on any atom is 0.239 e. The van der Waals surface area contributed by atoms with Crippen LogP contribution in [0.3, 0.4) is 0 Å². The fourth-order valence-corrected chi connectivity index (χ4v) is 3.86. The van der Waals surface area contributed by atoms with Gasteiger partial charge in [0.15, 0.2) is 0 Å². The molecular formula is C17H29N5O. The van der Waals surface area contributed by atoms with E-state index in [1.54, 1.807) is 6.20 Å². The highest BCUT2D eigenvalue weighted by Gasteiger charge is 2.34. The van der Waals surface area contributed by atoms with E-state index in [0.717, 1.165) is 38.2 Å². The van der Waals surface area contributed by atoms with Crippen molar-refractivity contribution in [2.45, 2.75) is 58.0 Å². The van der Waals surface area contributed by atoms with Crippen LogP contribution < -0.4 is 11.1 Å². The van der Waals surface area contributed by atoms with Crippen LogP contribution >= 0.6 is 0 Å². The summed E-state index contributed by atoms with van der Waals surface area (Å²) < 4.78 is 1.99. The fourth-order valence-electron chi connectivity index (χ4n) is 3.86. The Bertz CT molecular complexity index is 547. The van der Waals surface area contributed by atoms with Gasteiger partial charge in [0.1, 0.15) is 5.82 Å². The van der Waals surface area contributed by atoms with Crippen molar-refractivity contribution in [2.24, 2.45) is 11.1 Å². The Balaban J connectivity index is 1.57. The average Bonchev–Trinajstić information content (AvgIpc) is 3.13. The molecule has 6 heteroatoms. The molecule has 2 fully saturated rings. The van der Waals surface area contributed by atoms with Crippen molar-refractivity contribution in [3.8, 4) is 0 Å². The van der Waals surface area contributed by atoms with Gasteiger partial charge in [0.05, 0.1) is 18.8 Å². The third-order valence-corrected chi connectivity index (χ3v) is 5.37. The number of anilines is 1. The third-order valence-electron chi connectivity index (χ3n) is 5.37. The molecule has 3 N–H and O–H groups in total. The lowest BCUT2D eigenvalue weighted by atomic mass is 9.80. The van der Waals surface area contributed by atoms with Crippen LogP contribution in [0.2, 0.25) is 0 Å². The zero-order chi connectivity index (χ0) is 16.4. The predicted molar refractivity (Wildman–Crippen MR) is 91.2 cm³/mol. The molecule has 1 saturated heterocycles. The van der Waals surface area contributed by atoms with Gasteiger partial charge in [-0.2, -0.15) is 5.10 Å². The molecule has 2 heterocycles. The minimum absolute atomic E-state index is 0.0380. The summed E-state index contributed by atoms with van der Waals surface area (Å²) in [6.07, 6.45) is 7.53. The summed E-state index contributed by atoms with van der Waals surface area (Å²) in [5, 5.41) is 7.44. The van der Waals surface area contributed by atoms with Crippen molar-refractivity contribution in [1.29, 1.82) is 0 Å². The first-order valence-electron chi connectivity index (χ1n) is 8.77. The van der Waals surface area contributed by atoms with Gasteiger partial charge in [-0.05, 0) is 24.7 Å². The number of nitrogens with one attached hydrogen (secondary N) is 1. The molecule has 1 aromatic heterocycles. The predicted octanol–water partition coefficient (Wildman–Crippen LogP) is 2.00. The van der Waals surface area contributed by atoms with Gasteiger partial charge in [-0.3, -0.25) is 9.69 Å². The zero-order valence-corrected chi connectivity index (χ0v) is 14.3. The van der Waals surface area contributed by atoms with Crippen molar-refractivity contribution in [2.75, 3.05) is 25.0 Å². The van der Waals surface area contributed by atoms with E-state index in [1.807, 2.05) is 10.7 Å². The molecular weight excluding hydrogens is 290 g/mol. The first-order chi connectivity index (χ1) is 11.0. The Morgan fingerprint density at radius 3 is 2.83 bits per heavy atom. The Labute approximate surface area is 138 Å². The number of hydrogen-bond donors (Lipinski definition) is 2. The zero-order valence-electron chi connectivity index (χ0n) is 14.3. The van der Waals surface area contributed by atoms with Crippen LogP contribution in [0.25, 0.3) is 0 Å². The van der Waals surface area contributed by atoms with E-state index in [2.05, 4.69) is 29.2 Å². The average molecular weight is 319 g/mol. The molecule has 2 aliphatic rings. The SMILES string of the molecule is CC1(C)CN(CC(=O)Nc2ccnn2C2CCCC2)CCC1N. The minimum atomic E-state index is 0.0380. The standard InChI is InChI=1S/C17H29N5O/c1-17(2)12-21(10-8-14(17)18)11-16(23)20-15-7-9-19-22(15)13-5-3-4-6-13/h7,9,13-14H,3-6,8,10-12,18H2,1-2H3,(H,20,23). The van der Waals surface area contributed by atoms with Crippen LogP contribution in [0.4, 0.5) is 5.82 Å². The van der Waals surface area contributed by atoms with Crippen LogP contribution in [0.1, 0.15) is 52.0 Å². The summed E-state index contributed by atoms with van der Waals surface area (Å²) >= 11 is 0. The number of carbonyl (C=O) groups excluding carboxylic acids is 1. The summed E-state index contributed by atoms with van der Waals surface area (Å²) in [5.41, 5.74) is 6.23. The Kier molecular flexibility index (Phi) is 4.73. The van der Waals surface area contributed by atoms with E-state index in [0.29, 0.717) is 12.6 Å². The molecule has 6 nitrogen and oxygen atoms in total. The lowest BCUT2D eigenvalue weighted by molar-refractivity contribution is -0.118. The van der Waals surface area contributed by atoms with E-state index >= 15 is 0 Å². The van der Waals surface area contributed by atoms with E-state index in [-0.39, 0.29) is 17.4 Å². The molecule has 1 atom stereocenters. The highest BCUT2D eigenvalue weighted by Crippen LogP contribution is 2.31. The molecule has 23 heavy (non-hydrogen) atoms. The van der Waals surface area contributed by atoms with Gasteiger partial charge in [0, 0.05) is 25.2 Å². The summed E-state index contributed by atoms with van der Waals surface area (Å²) in [6.45, 7) is 6.53. The van der Waals surface area contributed by atoms with E-state index < -0.39 is 0 Å². The van der Waals surface area contributed by atoms with Crippen LogP contribution in [-0.4, -0.2) is 46.3 Å². The molecule has 0 bridgehead atoms. The summed E-state index contributed by atoms with van der Waals surface area (Å²) in [7, 11) is 0. The first kappa shape index (κ1) is 16.5. The number of carbonyl (C=O) groups is 1. The molecule has 128 valence electrons. The molecule has 1 amide bonds.